The molecule has 0 aliphatic rings. The molecule has 0 N–H and O–H groups in total. The quantitative estimate of drug-likeness (QED) is 0.501. The molecular formula is C14H28OS. The highest BCUT2D eigenvalue weighted by Gasteiger charge is 2.08. The minimum Gasteiger partial charge on any atom is -0.287 e. The van der Waals surface area contributed by atoms with Crippen molar-refractivity contribution < 1.29 is 4.79 Å². The van der Waals surface area contributed by atoms with E-state index in [1.165, 1.54) is 56.7 Å². The van der Waals surface area contributed by atoms with Crippen LogP contribution in [0, 0.1) is 5.92 Å². The topological polar surface area (TPSA) is 17.1 Å². The Kier molecular flexibility index (Phi) is 11.5. The standard InChI is InChI=1S/C14H28OS/c1-4-6-7-8-9-10-11-13(3)12-14(15)16-5-2/h13H,4-12H2,1-3H3/t13-/m1/s1. The molecule has 0 heterocycles. The van der Waals surface area contributed by atoms with E-state index in [4.69, 9.17) is 0 Å². The fraction of sp³-hybridized carbons (Fsp3) is 0.929. The van der Waals surface area contributed by atoms with Gasteiger partial charge in [-0.1, -0.05) is 77.5 Å². The molecule has 0 aromatic heterocycles. The summed E-state index contributed by atoms with van der Waals surface area (Å²) in [6.45, 7) is 6.50. The highest BCUT2D eigenvalue weighted by Crippen LogP contribution is 2.18. The lowest BCUT2D eigenvalue weighted by Gasteiger charge is -2.09. The zero-order valence-electron chi connectivity index (χ0n) is 11.3. The van der Waals surface area contributed by atoms with Crippen LogP contribution in [0.1, 0.15) is 72.1 Å². The van der Waals surface area contributed by atoms with Gasteiger partial charge < -0.3 is 0 Å². The molecule has 0 bridgehead atoms. The van der Waals surface area contributed by atoms with Crippen molar-refractivity contribution in [2.75, 3.05) is 5.75 Å². The summed E-state index contributed by atoms with van der Waals surface area (Å²) in [5.74, 6) is 1.50. The number of carbonyl (C=O) groups excluding carboxylic acids is 1. The van der Waals surface area contributed by atoms with Crippen molar-refractivity contribution in [3.8, 4) is 0 Å². The van der Waals surface area contributed by atoms with Gasteiger partial charge in [-0.2, -0.15) is 0 Å². The van der Waals surface area contributed by atoms with E-state index < -0.39 is 0 Å². The van der Waals surface area contributed by atoms with Crippen molar-refractivity contribution in [2.45, 2.75) is 72.1 Å². The van der Waals surface area contributed by atoms with Crippen LogP contribution >= 0.6 is 11.8 Å². The second-order valence-electron chi connectivity index (χ2n) is 4.67. The zero-order valence-corrected chi connectivity index (χ0v) is 12.1. The van der Waals surface area contributed by atoms with Crippen molar-refractivity contribution in [1.82, 2.24) is 0 Å². The first-order valence-corrected chi connectivity index (χ1v) is 7.84. The largest absolute Gasteiger partial charge is 0.287 e. The third-order valence-corrected chi connectivity index (χ3v) is 3.65. The molecule has 96 valence electrons. The highest BCUT2D eigenvalue weighted by atomic mass is 32.2. The minimum atomic E-state index is 0.376. The van der Waals surface area contributed by atoms with E-state index in [1.807, 2.05) is 6.92 Å². The van der Waals surface area contributed by atoms with Gasteiger partial charge in [0.25, 0.3) is 0 Å². The first kappa shape index (κ1) is 16.0. The Labute approximate surface area is 106 Å². The van der Waals surface area contributed by atoms with Gasteiger partial charge in [-0.25, -0.2) is 0 Å². The third-order valence-electron chi connectivity index (χ3n) is 2.87. The predicted octanol–water partition coefficient (Wildman–Crippen LogP) is 5.04. The van der Waals surface area contributed by atoms with Crippen LogP contribution in [0.25, 0.3) is 0 Å². The summed E-state index contributed by atoms with van der Waals surface area (Å²) < 4.78 is 0. The lowest BCUT2D eigenvalue weighted by molar-refractivity contribution is -0.111. The van der Waals surface area contributed by atoms with Gasteiger partial charge in [0.05, 0.1) is 0 Å². The molecule has 0 spiro atoms. The van der Waals surface area contributed by atoms with E-state index in [0.29, 0.717) is 11.0 Å². The molecule has 0 aliphatic heterocycles. The summed E-state index contributed by atoms with van der Waals surface area (Å²) in [4.78, 5) is 11.4. The van der Waals surface area contributed by atoms with Crippen LogP contribution in [0.3, 0.4) is 0 Å². The smallest absolute Gasteiger partial charge is 0.189 e. The molecule has 2 heteroatoms. The number of hydrogen-bond donors (Lipinski definition) is 0. The molecule has 0 aromatic carbocycles. The van der Waals surface area contributed by atoms with E-state index >= 15 is 0 Å². The summed E-state index contributed by atoms with van der Waals surface area (Å²) in [6, 6.07) is 0. The Morgan fingerprint density at radius 1 is 1.06 bits per heavy atom. The van der Waals surface area contributed by atoms with Crippen LogP contribution in [-0.4, -0.2) is 10.9 Å². The summed E-state index contributed by atoms with van der Waals surface area (Å²) in [5, 5.41) is 0.376. The lowest BCUT2D eigenvalue weighted by Crippen LogP contribution is -2.02. The van der Waals surface area contributed by atoms with Crippen LogP contribution in [-0.2, 0) is 4.79 Å². The van der Waals surface area contributed by atoms with E-state index in [-0.39, 0.29) is 0 Å². The molecule has 0 amide bonds. The van der Waals surface area contributed by atoms with Gasteiger partial charge in [-0.15, -0.1) is 0 Å². The molecule has 1 atom stereocenters. The predicted molar refractivity (Wildman–Crippen MR) is 74.9 cm³/mol. The third kappa shape index (κ3) is 10.5. The van der Waals surface area contributed by atoms with Gasteiger partial charge in [-0.3, -0.25) is 4.79 Å². The lowest BCUT2D eigenvalue weighted by atomic mass is 9.99. The SMILES string of the molecule is CCCCCCCC[C@@H](C)CC(=O)SCC. The summed E-state index contributed by atoms with van der Waals surface area (Å²) in [6.07, 6.45) is 10.1. The van der Waals surface area contributed by atoms with E-state index in [9.17, 15) is 4.79 Å². The van der Waals surface area contributed by atoms with Gasteiger partial charge in [-0.05, 0) is 11.7 Å². The maximum atomic E-state index is 11.4. The number of carbonyl (C=O) groups is 1. The number of hydrogen-bond acceptors (Lipinski definition) is 2. The normalized spacial score (nSPS) is 12.7. The Bertz CT molecular complexity index is 168. The van der Waals surface area contributed by atoms with Crippen molar-refractivity contribution in [1.29, 1.82) is 0 Å². The first-order valence-electron chi connectivity index (χ1n) is 6.86. The number of rotatable bonds is 10. The van der Waals surface area contributed by atoms with Gasteiger partial charge in [0.1, 0.15) is 0 Å². The maximum Gasteiger partial charge on any atom is 0.189 e. The fourth-order valence-corrected chi connectivity index (χ4v) is 2.60. The Hall–Kier alpha value is 0.0200. The minimum absolute atomic E-state index is 0.376. The fourth-order valence-electron chi connectivity index (χ4n) is 1.88. The van der Waals surface area contributed by atoms with Gasteiger partial charge in [0.2, 0.25) is 0 Å². The van der Waals surface area contributed by atoms with Crippen LogP contribution < -0.4 is 0 Å². The molecule has 0 radical (unpaired) electrons. The van der Waals surface area contributed by atoms with Crippen LogP contribution in [0.5, 0.6) is 0 Å². The van der Waals surface area contributed by atoms with Gasteiger partial charge >= 0.3 is 0 Å². The Morgan fingerprint density at radius 3 is 2.31 bits per heavy atom. The average Bonchev–Trinajstić information content (AvgIpc) is 2.23. The molecule has 0 rings (SSSR count). The zero-order chi connectivity index (χ0) is 12.2. The molecule has 0 unspecified atom stereocenters. The van der Waals surface area contributed by atoms with Crippen LogP contribution in [0.4, 0.5) is 0 Å². The average molecular weight is 244 g/mol. The second-order valence-corrected chi connectivity index (χ2v) is 5.99. The Morgan fingerprint density at radius 2 is 1.69 bits per heavy atom. The molecule has 0 fully saturated rings. The summed E-state index contributed by atoms with van der Waals surface area (Å²) >= 11 is 1.47. The van der Waals surface area contributed by atoms with Crippen LogP contribution in [0.2, 0.25) is 0 Å². The van der Waals surface area contributed by atoms with Gasteiger partial charge in [0.15, 0.2) is 5.12 Å². The first-order chi connectivity index (χ1) is 7.70. The number of unbranched alkanes of at least 4 members (excludes halogenated alkanes) is 5. The maximum absolute atomic E-state index is 11.4. The van der Waals surface area contributed by atoms with Crippen molar-refractivity contribution in [3.63, 3.8) is 0 Å². The second kappa shape index (κ2) is 11.5. The molecule has 1 nitrogen and oxygen atoms in total. The molecule has 0 saturated heterocycles. The monoisotopic (exact) mass is 244 g/mol. The molecular weight excluding hydrogens is 216 g/mol. The highest BCUT2D eigenvalue weighted by molar-refractivity contribution is 8.13. The number of thioether (sulfide) groups is 1. The van der Waals surface area contributed by atoms with Crippen molar-refractivity contribution in [2.24, 2.45) is 5.92 Å². The van der Waals surface area contributed by atoms with E-state index in [1.54, 1.807) is 0 Å². The molecule has 0 aromatic rings. The van der Waals surface area contributed by atoms with Crippen LogP contribution in [0.15, 0.2) is 0 Å². The molecule has 0 saturated carbocycles. The van der Waals surface area contributed by atoms with Gasteiger partial charge in [0, 0.05) is 6.42 Å². The van der Waals surface area contributed by atoms with E-state index in [0.717, 1.165) is 12.2 Å². The summed E-state index contributed by atoms with van der Waals surface area (Å²) in [7, 11) is 0. The van der Waals surface area contributed by atoms with E-state index in [2.05, 4.69) is 13.8 Å². The van der Waals surface area contributed by atoms with Crippen molar-refractivity contribution >= 4 is 16.9 Å². The summed E-state index contributed by atoms with van der Waals surface area (Å²) in [5.41, 5.74) is 0. The molecule has 0 aliphatic carbocycles. The van der Waals surface area contributed by atoms with Crippen molar-refractivity contribution in [3.05, 3.63) is 0 Å². The Balaban J connectivity index is 3.29. The molecule has 16 heavy (non-hydrogen) atoms.